The van der Waals surface area contributed by atoms with Gasteiger partial charge in [-0.3, -0.25) is 4.79 Å². The minimum Gasteiger partial charge on any atom is -0.356 e. The van der Waals surface area contributed by atoms with Crippen molar-refractivity contribution < 1.29 is 4.79 Å². The molecule has 2 unspecified atom stereocenters. The van der Waals surface area contributed by atoms with Gasteiger partial charge in [-0.25, -0.2) is 0 Å². The Kier molecular flexibility index (Phi) is 4.54. The van der Waals surface area contributed by atoms with E-state index in [9.17, 15) is 4.79 Å². The maximum absolute atomic E-state index is 12.3. The van der Waals surface area contributed by atoms with Crippen molar-refractivity contribution >= 4 is 5.91 Å². The van der Waals surface area contributed by atoms with Gasteiger partial charge in [-0.1, -0.05) is 27.2 Å². The van der Waals surface area contributed by atoms with Crippen LogP contribution in [0.25, 0.3) is 0 Å². The zero-order valence-electron chi connectivity index (χ0n) is 12.7. The molecular formula is C16H30N2O. The Labute approximate surface area is 117 Å². The summed E-state index contributed by atoms with van der Waals surface area (Å²) in [5, 5.41) is 3.13. The first-order chi connectivity index (χ1) is 8.87. The Balaban J connectivity index is 1.80. The first kappa shape index (κ1) is 14.8. The average Bonchev–Trinajstić information content (AvgIpc) is 2.26. The summed E-state index contributed by atoms with van der Waals surface area (Å²) in [5.41, 5.74) is 6.56. The molecule has 0 saturated heterocycles. The number of carbonyl (C=O) groups excluding carboxylic acids is 1. The van der Waals surface area contributed by atoms with Crippen molar-refractivity contribution in [3.05, 3.63) is 0 Å². The Bertz CT molecular complexity index is 307. The molecule has 2 aliphatic rings. The van der Waals surface area contributed by atoms with Gasteiger partial charge in [0, 0.05) is 18.5 Å². The van der Waals surface area contributed by atoms with E-state index >= 15 is 0 Å². The monoisotopic (exact) mass is 266 g/mol. The van der Waals surface area contributed by atoms with E-state index in [1.54, 1.807) is 0 Å². The third-order valence-electron chi connectivity index (χ3n) is 4.96. The van der Waals surface area contributed by atoms with Crippen LogP contribution in [-0.4, -0.2) is 18.5 Å². The van der Waals surface area contributed by atoms with E-state index in [0.29, 0.717) is 23.3 Å². The zero-order chi connectivity index (χ0) is 14.0. The third kappa shape index (κ3) is 3.95. The average molecular weight is 266 g/mol. The number of carbonyl (C=O) groups is 1. The van der Waals surface area contributed by atoms with Gasteiger partial charge in [0.1, 0.15) is 0 Å². The molecule has 2 atom stereocenters. The van der Waals surface area contributed by atoms with Crippen LogP contribution < -0.4 is 11.1 Å². The molecule has 3 N–H and O–H groups in total. The number of rotatable bonds is 3. The summed E-state index contributed by atoms with van der Waals surface area (Å²) in [4.78, 5) is 12.3. The van der Waals surface area contributed by atoms with Crippen molar-refractivity contribution in [2.24, 2.45) is 28.9 Å². The van der Waals surface area contributed by atoms with Crippen LogP contribution in [-0.2, 0) is 4.79 Å². The molecule has 0 aromatic heterocycles. The first-order valence-corrected chi connectivity index (χ1v) is 7.90. The summed E-state index contributed by atoms with van der Waals surface area (Å²) >= 11 is 0. The Morgan fingerprint density at radius 2 is 1.79 bits per heavy atom. The number of nitrogens with two attached hydrogens (primary N) is 1. The molecule has 0 radical (unpaired) electrons. The fourth-order valence-electron chi connectivity index (χ4n) is 3.71. The first-order valence-electron chi connectivity index (χ1n) is 7.90. The van der Waals surface area contributed by atoms with Gasteiger partial charge in [0.25, 0.3) is 0 Å². The van der Waals surface area contributed by atoms with Crippen LogP contribution in [0.2, 0.25) is 0 Å². The molecule has 2 saturated carbocycles. The van der Waals surface area contributed by atoms with Crippen LogP contribution >= 0.6 is 0 Å². The predicted octanol–water partition coefficient (Wildman–Crippen LogP) is 2.69. The molecule has 2 fully saturated rings. The fraction of sp³-hybridized carbons (Fsp3) is 0.938. The molecule has 2 bridgehead atoms. The van der Waals surface area contributed by atoms with Crippen LogP contribution in [0.4, 0.5) is 0 Å². The van der Waals surface area contributed by atoms with Crippen LogP contribution in [0.1, 0.15) is 59.3 Å². The van der Waals surface area contributed by atoms with E-state index in [1.807, 2.05) is 0 Å². The minimum atomic E-state index is 0.218. The lowest BCUT2D eigenvalue weighted by molar-refractivity contribution is -0.127. The zero-order valence-corrected chi connectivity index (χ0v) is 12.7. The highest BCUT2D eigenvalue weighted by atomic mass is 16.1. The molecule has 19 heavy (non-hydrogen) atoms. The summed E-state index contributed by atoms with van der Waals surface area (Å²) in [7, 11) is 0. The normalized spacial score (nSPS) is 34.9. The van der Waals surface area contributed by atoms with E-state index < -0.39 is 0 Å². The van der Waals surface area contributed by atoms with Crippen molar-refractivity contribution in [2.45, 2.75) is 65.3 Å². The van der Waals surface area contributed by atoms with Crippen molar-refractivity contribution in [2.75, 3.05) is 6.54 Å². The molecule has 2 aliphatic carbocycles. The standard InChI is InChI=1S/C16H30N2O/c1-16(2,3)7-8-18-15(19)13-9-11-5-4-6-12(10-13)14(11)17/h11-14H,4-10,17H2,1-3H3,(H,18,19). The molecule has 0 aromatic carbocycles. The highest BCUT2D eigenvalue weighted by Gasteiger charge is 2.40. The maximum Gasteiger partial charge on any atom is 0.223 e. The lowest BCUT2D eigenvalue weighted by atomic mass is 9.65. The van der Waals surface area contributed by atoms with Gasteiger partial charge in [-0.2, -0.15) is 0 Å². The number of amides is 1. The van der Waals surface area contributed by atoms with E-state index in [-0.39, 0.29) is 11.8 Å². The minimum absolute atomic E-state index is 0.218. The molecule has 110 valence electrons. The lowest BCUT2D eigenvalue weighted by Crippen LogP contribution is -2.49. The molecule has 3 heteroatoms. The van der Waals surface area contributed by atoms with Gasteiger partial charge in [0.15, 0.2) is 0 Å². The third-order valence-corrected chi connectivity index (χ3v) is 4.96. The van der Waals surface area contributed by atoms with E-state index in [1.165, 1.54) is 19.3 Å². The summed E-state index contributed by atoms with van der Waals surface area (Å²) in [6, 6.07) is 0.354. The second-order valence-electron chi connectivity index (χ2n) is 7.80. The fourth-order valence-corrected chi connectivity index (χ4v) is 3.71. The quantitative estimate of drug-likeness (QED) is 0.825. The molecule has 0 aliphatic heterocycles. The second kappa shape index (κ2) is 5.82. The SMILES string of the molecule is CC(C)(C)CCNC(=O)C1CC2CCCC(C1)C2N. The summed E-state index contributed by atoms with van der Waals surface area (Å²) < 4.78 is 0. The molecule has 1 amide bonds. The van der Waals surface area contributed by atoms with Crippen LogP contribution in [0.3, 0.4) is 0 Å². The van der Waals surface area contributed by atoms with E-state index in [2.05, 4.69) is 26.1 Å². The van der Waals surface area contributed by atoms with Gasteiger partial charge >= 0.3 is 0 Å². The van der Waals surface area contributed by atoms with Crippen molar-refractivity contribution in [3.63, 3.8) is 0 Å². The van der Waals surface area contributed by atoms with Gasteiger partial charge in [-0.15, -0.1) is 0 Å². The van der Waals surface area contributed by atoms with E-state index in [0.717, 1.165) is 25.8 Å². The summed E-state index contributed by atoms with van der Waals surface area (Å²) in [6.07, 6.45) is 6.82. The number of hydrogen-bond donors (Lipinski definition) is 2. The Morgan fingerprint density at radius 3 is 2.32 bits per heavy atom. The number of fused-ring (bicyclic) bond motifs is 2. The highest BCUT2D eigenvalue weighted by Crippen LogP contribution is 2.41. The molecular weight excluding hydrogens is 236 g/mol. The second-order valence-corrected chi connectivity index (χ2v) is 7.80. The van der Waals surface area contributed by atoms with Gasteiger partial charge in [0.2, 0.25) is 5.91 Å². The number of hydrogen-bond acceptors (Lipinski definition) is 2. The van der Waals surface area contributed by atoms with E-state index in [4.69, 9.17) is 5.73 Å². The molecule has 0 aromatic rings. The van der Waals surface area contributed by atoms with Gasteiger partial charge in [-0.05, 0) is 49.4 Å². The van der Waals surface area contributed by atoms with Crippen molar-refractivity contribution in [1.82, 2.24) is 5.32 Å². The van der Waals surface area contributed by atoms with Crippen LogP contribution in [0.15, 0.2) is 0 Å². The summed E-state index contributed by atoms with van der Waals surface area (Å²) in [5.74, 6) is 1.67. The molecule has 0 heterocycles. The van der Waals surface area contributed by atoms with Crippen LogP contribution in [0.5, 0.6) is 0 Å². The Hall–Kier alpha value is -0.570. The smallest absolute Gasteiger partial charge is 0.223 e. The van der Waals surface area contributed by atoms with Crippen LogP contribution in [0, 0.1) is 23.2 Å². The highest BCUT2D eigenvalue weighted by molar-refractivity contribution is 5.78. The molecule has 3 nitrogen and oxygen atoms in total. The Morgan fingerprint density at radius 1 is 1.21 bits per heavy atom. The molecule has 0 spiro atoms. The maximum atomic E-state index is 12.3. The number of nitrogens with one attached hydrogen (secondary N) is 1. The summed E-state index contributed by atoms with van der Waals surface area (Å²) in [6.45, 7) is 7.44. The van der Waals surface area contributed by atoms with Gasteiger partial charge in [0.05, 0.1) is 0 Å². The van der Waals surface area contributed by atoms with Crippen molar-refractivity contribution in [3.8, 4) is 0 Å². The lowest BCUT2D eigenvalue weighted by Gasteiger charge is -2.43. The topological polar surface area (TPSA) is 55.1 Å². The van der Waals surface area contributed by atoms with Crippen molar-refractivity contribution in [1.29, 1.82) is 0 Å². The molecule has 2 rings (SSSR count). The van der Waals surface area contributed by atoms with Gasteiger partial charge < -0.3 is 11.1 Å². The largest absolute Gasteiger partial charge is 0.356 e. The predicted molar refractivity (Wildman–Crippen MR) is 78.6 cm³/mol.